The second kappa shape index (κ2) is 8.09. The first-order chi connectivity index (χ1) is 12.4. The summed E-state index contributed by atoms with van der Waals surface area (Å²) in [5.74, 6) is -0.219. The van der Waals surface area contributed by atoms with Crippen LogP contribution in [0.5, 0.6) is 0 Å². The Hall–Kier alpha value is -1.40. The predicted octanol–water partition coefficient (Wildman–Crippen LogP) is 3.15. The highest BCUT2D eigenvalue weighted by atomic mass is 32.2. The molecule has 0 radical (unpaired) electrons. The lowest BCUT2D eigenvalue weighted by Gasteiger charge is -2.33. The van der Waals surface area contributed by atoms with Gasteiger partial charge >= 0.3 is 0 Å². The first-order valence-corrected chi connectivity index (χ1v) is 11.2. The lowest BCUT2D eigenvalue weighted by Crippen LogP contribution is -2.47. The van der Waals surface area contributed by atoms with Gasteiger partial charge in [0.15, 0.2) is 0 Å². The molecule has 1 saturated heterocycles. The van der Waals surface area contributed by atoms with Gasteiger partial charge in [-0.1, -0.05) is 31.4 Å². The van der Waals surface area contributed by atoms with E-state index >= 15 is 0 Å². The topological polar surface area (TPSA) is 66.5 Å². The second-order valence-electron chi connectivity index (χ2n) is 7.81. The van der Waals surface area contributed by atoms with Crippen LogP contribution in [0, 0.1) is 19.8 Å². The van der Waals surface area contributed by atoms with Crippen LogP contribution in [0.4, 0.5) is 0 Å². The van der Waals surface area contributed by atoms with Crippen LogP contribution in [0.1, 0.15) is 56.1 Å². The maximum Gasteiger partial charge on any atom is 0.243 e. The predicted molar refractivity (Wildman–Crippen MR) is 102 cm³/mol. The summed E-state index contributed by atoms with van der Waals surface area (Å²) < 4.78 is 27.7. The molecule has 1 aliphatic heterocycles. The monoisotopic (exact) mass is 378 g/mol. The van der Waals surface area contributed by atoms with Crippen molar-refractivity contribution >= 4 is 15.9 Å². The minimum Gasteiger partial charge on any atom is -0.353 e. The minimum absolute atomic E-state index is 0.0257. The van der Waals surface area contributed by atoms with Crippen molar-refractivity contribution in [2.75, 3.05) is 13.1 Å². The highest BCUT2D eigenvalue weighted by Crippen LogP contribution is 2.27. The van der Waals surface area contributed by atoms with Crippen LogP contribution in [-0.4, -0.2) is 37.8 Å². The Bertz CT molecular complexity index is 754. The van der Waals surface area contributed by atoms with Gasteiger partial charge in [-0.25, -0.2) is 8.42 Å². The number of benzene rings is 1. The van der Waals surface area contributed by atoms with Gasteiger partial charge in [0.25, 0.3) is 0 Å². The standard InChI is InChI=1S/C20H30N2O3S/c1-15-10-11-16(2)19(13-15)26(24,25)22-12-6-7-17(14-22)20(23)21-18-8-4-3-5-9-18/h10-11,13,17-18H,3-9,12,14H2,1-2H3,(H,21,23)/t17-/m0/s1. The minimum atomic E-state index is -3.56. The van der Waals surface area contributed by atoms with Gasteiger partial charge in [-0.2, -0.15) is 4.31 Å². The molecule has 1 aromatic rings. The molecule has 2 aliphatic rings. The number of sulfonamides is 1. The van der Waals surface area contributed by atoms with Crippen LogP contribution >= 0.6 is 0 Å². The largest absolute Gasteiger partial charge is 0.353 e. The fourth-order valence-corrected chi connectivity index (χ4v) is 5.90. The number of aryl methyl sites for hydroxylation is 2. The number of carbonyl (C=O) groups is 1. The molecule has 1 saturated carbocycles. The number of nitrogens with one attached hydrogen (secondary N) is 1. The Morgan fingerprint density at radius 1 is 1.08 bits per heavy atom. The van der Waals surface area contributed by atoms with Crippen molar-refractivity contribution in [1.82, 2.24) is 9.62 Å². The Kier molecular flexibility index (Phi) is 6.03. The van der Waals surface area contributed by atoms with E-state index in [0.29, 0.717) is 11.4 Å². The highest BCUT2D eigenvalue weighted by Gasteiger charge is 2.34. The van der Waals surface area contributed by atoms with Crippen LogP contribution in [0.2, 0.25) is 0 Å². The van der Waals surface area contributed by atoms with Crippen molar-refractivity contribution in [1.29, 1.82) is 0 Å². The van der Waals surface area contributed by atoms with Crippen molar-refractivity contribution in [3.05, 3.63) is 29.3 Å². The summed E-state index contributed by atoms with van der Waals surface area (Å²) in [7, 11) is -3.56. The number of amides is 1. The smallest absolute Gasteiger partial charge is 0.243 e. The molecular weight excluding hydrogens is 348 g/mol. The zero-order valence-corrected chi connectivity index (χ0v) is 16.6. The molecule has 1 aliphatic carbocycles. The summed E-state index contributed by atoms with van der Waals surface area (Å²) >= 11 is 0. The van der Waals surface area contributed by atoms with Gasteiger partial charge in [-0.15, -0.1) is 0 Å². The molecule has 26 heavy (non-hydrogen) atoms. The van der Waals surface area contributed by atoms with E-state index in [1.165, 1.54) is 23.6 Å². The molecule has 3 rings (SSSR count). The summed E-state index contributed by atoms with van der Waals surface area (Å²) in [5.41, 5.74) is 1.68. The normalized spacial score (nSPS) is 22.9. The molecule has 144 valence electrons. The van der Waals surface area contributed by atoms with Gasteiger partial charge in [-0.05, 0) is 56.7 Å². The average Bonchev–Trinajstić information content (AvgIpc) is 2.64. The van der Waals surface area contributed by atoms with Crippen molar-refractivity contribution in [3.8, 4) is 0 Å². The quantitative estimate of drug-likeness (QED) is 0.875. The maximum atomic E-state index is 13.1. The van der Waals surface area contributed by atoms with E-state index in [9.17, 15) is 13.2 Å². The molecule has 0 bridgehead atoms. The molecular formula is C20H30N2O3S. The Labute approximate surface area is 157 Å². The summed E-state index contributed by atoms with van der Waals surface area (Å²) in [6.45, 7) is 4.50. The number of piperidine rings is 1. The molecule has 1 aromatic carbocycles. The fourth-order valence-electron chi connectivity index (χ4n) is 4.06. The lowest BCUT2D eigenvalue weighted by atomic mass is 9.93. The van der Waals surface area contributed by atoms with Gasteiger partial charge < -0.3 is 5.32 Å². The molecule has 0 spiro atoms. The molecule has 1 N–H and O–H groups in total. The zero-order chi connectivity index (χ0) is 18.7. The molecule has 0 aromatic heterocycles. The van der Waals surface area contributed by atoms with Gasteiger partial charge in [0, 0.05) is 19.1 Å². The molecule has 1 amide bonds. The third-order valence-corrected chi connectivity index (χ3v) is 7.68. The number of hydrogen-bond acceptors (Lipinski definition) is 3. The average molecular weight is 379 g/mol. The van der Waals surface area contributed by atoms with E-state index in [-0.39, 0.29) is 24.4 Å². The van der Waals surface area contributed by atoms with E-state index < -0.39 is 10.0 Å². The van der Waals surface area contributed by atoms with Crippen molar-refractivity contribution in [2.24, 2.45) is 5.92 Å². The van der Waals surface area contributed by atoms with E-state index in [1.54, 1.807) is 6.07 Å². The Morgan fingerprint density at radius 2 is 1.81 bits per heavy atom. The van der Waals surface area contributed by atoms with E-state index in [0.717, 1.165) is 36.8 Å². The zero-order valence-electron chi connectivity index (χ0n) is 15.8. The van der Waals surface area contributed by atoms with E-state index in [2.05, 4.69) is 5.32 Å². The summed E-state index contributed by atoms with van der Waals surface area (Å²) in [4.78, 5) is 13.0. The number of rotatable bonds is 4. The first kappa shape index (κ1) is 19.4. The van der Waals surface area contributed by atoms with Gasteiger partial charge in [0.1, 0.15) is 0 Å². The van der Waals surface area contributed by atoms with Crippen molar-refractivity contribution in [2.45, 2.75) is 69.7 Å². The van der Waals surface area contributed by atoms with E-state index in [1.807, 2.05) is 26.0 Å². The van der Waals surface area contributed by atoms with Crippen LogP contribution in [-0.2, 0) is 14.8 Å². The van der Waals surface area contributed by atoms with Crippen molar-refractivity contribution < 1.29 is 13.2 Å². The number of carbonyl (C=O) groups excluding carboxylic acids is 1. The molecule has 1 heterocycles. The van der Waals surface area contributed by atoms with Crippen LogP contribution in [0.25, 0.3) is 0 Å². The second-order valence-corrected chi connectivity index (χ2v) is 9.72. The molecule has 1 atom stereocenters. The summed E-state index contributed by atoms with van der Waals surface area (Å²) in [6, 6.07) is 5.77. The SMILES string of the molecule is Cc1ccc(C)c(S(=O)(=O)N2CCC[C@H](C(=O)NC3CCCCC3)C2)c1. The Morgan fingerprint density at radius 3 is 2.54 bits per heavy atom. The van der Waals surface area contributed by atoms with Gasteiger partial charge in [0.2, 0.25) is 15.9 Å². The lowest BCUT2D eigenvalue weighted by molar-refractivity contribution is -0.127. The molecule has 0 unspecified atom stereocenters. The third kappa shape index (κ3) is 4.29. The van der Waals surface area contributed by atoms with E-state index in [4.69, 9.17) is 0 Å². The van der Waals surface area contributed by atoms with Gasteiger partial charge in [-0.3, -0.25) is 4.79 Å². The van der Waals surface area contributed by atoms with Crippen LogP contribution in [0.3, 0.4) is 0 Å². The number of nitrogens with zero attached hydrogens (tertiary/aromatic N) is 1. The maximum absolute atomic E-state index is 13.1. The fraction of sp³-hybridized carbons (Fsp3) is 0.650. The van der Waals surface area contributed by atoms with Crippen LogP contribution in [0.15, 0.2) is 23.1 Å². The van der Waals surface area contributed by atoms with Crippen molar-refractivity contribution in [3.63, 3.8) is 0 Å². The molecule has 6 heteroatoms. The molecule has 2 fully saturated rings. The van der Waals surface area contributed by atoms with Crippen LogP contribution < -0.4 is 5.32 Å². The third-order valence-electron chi connectivity index (χ3n) is 5.67. The summed E-state index contributed by atoms with van der Waals surface area (Å²) in [5, 5.41) is 3.16. The summed E-state index contributed by atoms with van der Waals surface area (Å²) in [6.07, 6.45) is 7.17. The number of hydrogen-bond donors (Lipinski definition) is 1. The van der Waals surface area contributed by atoms with Gasteiger partial charge in [0.05, 0.1) is 10.8 Å². The highest BCUT2D eigenvalue weighted by molar-refractivity contribution is 7.89. The molecule has 5 nitrogen and oxygen atoms in total. The Balaban J connectivity index is 1.71. The first-order valence-electron chi connectivity index (χ1n) is 9.75.